The lowest BCUT2D eigenvalue weighted by molar-refractivity contribution is 0.411. The Morgan fingerprint density at radius 3 is 2.08 bits per heavy atom. The van der Waals surface area contributed by atoms with Crippen LogP contribution in [0.3, 0.4) is 0 Å². The van der Waals surface area contributed by atoms with Gasteiger partial charge in [-0.25, -0.2) is 0 Å². The minimum absolute atomic E-state index is 0.373. The Hall–Kier alpha value is -1.48. The summed E-state index contributed by atoms with van der Waals surface area (Å²) in [7, 11) is 1.75. The van der Waals surface area contributed by atoms with E-state index in [1.807, 2.05) is 0 Å². The summed E-state index contributed by atoms with van der Waals surface area (Å²) < 4.78 is 6.66. The van der Waals surface area contributed by atoms with E-state index in [0.717, 1.165) is 47.0 Å². The normalized spacial score (nSPS) is 16.3. The molecule has 25 heavy (non-hydrogen) atoms. The standard InChI is InChI=1S/C22H25BrO2/c1-13-11-14-7-3-6-10-17(14)20(22(13)25-2)19-16-9-5-4-8-15(16)12-18(23)21(19)24/h11-12,24H,3-10H2,1-2H3. The summed E-state index contributed by atoms with van der Waals surface area (Å²) in [6.45, 7) is 2.12. The van der Waals surface area contributed by atoms with Crippen molar-refractivity contribution in [2.24, 2.45) is 0 Å². The number of halogens is 1. The van der Waals surface area contributed by atoms with E-state index in [2.05, 4.69) is 35.0 Å². The smallest absolute Gasteiger partial charge is 0.138 e. The molecule has 1 N–H and O–H groups in total. The van der Waals surface area contributed by atoms with Crippen molar-refractivity contribution in [2.45, 2.75) is 58.3 Å². The van der Waals surface area contributed by atoms with Crippen LogP contribution >= 0.6 is 15.9 Å². The Bertz CT molecular complexity index is 839. The molecule has 2 aromatic carbocycles. The number of rotatable bonds is 2. The number of hydrogen-bond donors (Lipinski definition) is 1. The average molecular weight is 401 g/mol. The van der Waals surface area contributed by atoms with Crippen molar-refractivity contribution in [1.82, 2.24) is 0 Å². The van der Waals surface area contributed by atoms with Crippen molar-refractivity contribution in [1.29, 1.82) is 0 Å². The van der Waals surface area contributed by atoms with Crippen LogP contribution in [0.25, 0.3) is 11.1 Å². The second-order valence-corrected chi connectivity index (χ2v) is 8.23. The maximum absolute atomic E-state index is 11.0. The van der Waals surface area contributed by atoms with Gasteiger partial charge in [-0.2, -0.15) is 0 Å². The Balaban J connectivity index is 2.09. The highest BCUT2D eigenvalue weighted by atomic mass is 79.9. The number of ether oxygens (including phenoxy) is 1. The third-order valence-corrected chi connectivity index (χ3v) is 6.42. The van der Waals surface area contributed by atoms with Crippen molar-refractivity contribution >= 4 is 15.9 Å². The number of hydrogen-bond acceptors (Lipinski definition) is 2. The van der Waals surface area contributed by atoms with E-state index in [9.17, 15) is 5.11 Å². The Kier molecular flexibility index (Phi) is 4.53. The van der Waals surface area contributed by atoms with Crippen molar-refractivity contribution in [3.63, 3.8) is 0 Å². The first kappa shape index (κ1) is 17.0. The average Bonchev–Trinajstić information content (AvgIpc) is 2.62. The highest BCUT2D eigenvalue weighted by Gasteiger charge is 2.27. The molecule has 2 aliphatic rings. The van der Waals surface area contributed by atoms with Crippen LogP contribution in [0.5, 0.6) is 11.5 Å². The molecule has 132 valence electrons. The van der Waals surface area contributed by atoms with E-state index < -0.39 is 0 Å². The molecule has 0 spiro atoms. The molecule has 2 aromatic rings. The van der Waals surface area contributed by atoms with Gasteiger partial charge in [0.1, 0.15) is 11.5 Å². The lowest BCUT2D eigenvalue weighted by Gasteiger charge is -2.28. The molecular formula is C22H25BrO2. The molecular weight excluding hydrogens is 376 g/mol. The van der Waals surface area contributed by atoms with E-state index in [-0.39, 0.29) is 0 Å². The summed E-state index contributed by atoms with van der Waals surface area (Å²) >= 11 is 3.59. The van der Waals surface area contributed by atoms with Crippen LogP contribution in [-0.4, -0.2) is 12.2 Å². The van der Waals surface area contributed by atoms with Crippen LogP contribution in [0.4, 0.5) is 0 Å². The molecule has 0 saturated heterocycles. The zero-order valence-corrected chi connectivity index (χ0v) is 16.6. The molecule has 0 aromatic heterocycles. The third-order valence-electron chi connectivity index (χ3n) is 5.82. The van der Waals surface area contributed by atoms with Gasteiger partial charge in [-0.3, -0.25) is 0 Å². The van der Waals surface area contributed by atoms with Gasteiger partial charge in [0, 0.05) is 11.1 Å². The van der Waals surface area contributed by atoms with Crippen molar-refractivity contribution in [2.75, 3.05) is 7.11 Å². The molecule has 0 atom stereocenters. The molecule has 0 fully saturated rings. The highest BCUT2D eigenvalue weighted by Crippen LogP contribution is 2.49. The predicted molar refractivity (Wildman–Crippen MR) is 106 cm³/mol. The Morgan fingerprint density at radius 2 is 1.44 bits per heavy atom. The van der Waals surface area contributed by atoms with E-state index in [4.69, 9.17) is 4.74 Å². The van der Waals surface area contributed by atoms with Crippen LogP contribution in [0, 0.1) is 6.92 Å². The van der Waals surface area contributed by atoms with Crippen LogP contribution in [0.1, 0.15) is 53.5 Å². The molecule has 0 amide bonds. The van der Waals surface area contributed by atoms with Gasteiger partial charge in [-0.15, -0.1) is 0 Å². The molecule has 2 nitrogen and oxygen atoms in total. The van der Waals surface area contributed by atoms with Crippen molar-refractivity contribution in [3.05, 3.63) is 44.4 Å². The van der Waals surface area contributed by atoms with Gasteiger partial charge in [0.25, 0.3) is 0 Å². The van der Waals surface area contributed by atoms with E-state index >= 15 is 0 Å². The van der Waals surface area contributed by atoms with Crippen LogP contribution in [0.2, 0.25) is 0 Å². The van der Waals surface area contributed by atoms with Crippen LogP contribution in [-0.2, 0) is 25.7 Å². The first-order valence-electron chi connectivity index (χ1n) is 9.34. The summed E-state index contributed by atoms with van der Waals surface area (Å²) in [5, 5.41) is 11.0. The quantitative estimate of drug-likeness (QED) is 0.679. The number of phenolic OH excluding ortho intramolecular Hbond substituents is 1. The van der Waals surface area contributed by atoms with Gasteiger partial charge < -0.3 is 9.84 Å². The summed E-state index contributed by atoms with van der Waals surface area (Å²) in [4.78, 5) is 0. The molecule has 3 heteroatoms. The first-order valence-corrected chi connectivity index (χ1v) is 10.1. The van der Waals surface area contributed by atoms with E-state index in [0.29, 0.717) is 5.75 Å². The highest BCUT2D eigenvalue weighted by molar-refractivity contribution is 9.10. The monoisotopic (exact) mass is 400 g/mol. The molecule has 0 heterocycles. The van der Waals surface area contributed by atoms with Gasteiger partial charge >= 0.3 is 0 Å². The Labute approximate surface area is 158 Å². The van der Waals surface area contributed by atoms with Gasteiger partial charge in [0.05, 0.1) is 11.6 Å². The number of aryl methyl sites for hydroxylation is 3. The number of aromatic hydroxyl groups is 1. The maximum atomic E-state index is 11.0. The zero-order valence-electron chi connectivity index (χ0n) is 15.0. The lowest BCUT2D eigenvalue weighted by atomic mass is 9.79. The fraction of sp³-hybridized carbons (Fsp3) is 0.455. The molecule has 0 saturated carbocycles. The molecule has 0 radical (unpaired) electrons. The summed E-state index contributed by atoms with van der Waals surface area (Å²) in [6.07, 6.45) is 9.22. The Morgan fingerprint density at radius 1 is 0.880 bits per heavy atom. The minimum atomic E-state index is 0.373. The molecule has 0 aliphatic heterocycles. The molecule has 4 rings (SSSR count). The van der Waals surface area contributed by atoms with Gasteiger partial charge in [-0.1, -0.05) is 6.07 Å². The fourth-order valence-electron chi connectivity index (χ4n) is 4.69. The molecule has 0 unspecified atom stereocenters. The van der Waals surface area contributed by atoms with E-state index in [1.54, 1.807) is 7.11 Å². The predicted octanol–water partition coefficient (Wildman–Crippen LogP) is 5.90. The third kappa shape index (κ3) is 2.77. The first-order chi connectivity index (χ1) is 12.1. The van der Waals surface area contributed by atoms with E-state index in [1.165, 1.54) is 53.5 Å². The lowest BCUT2D eigenvalue weighted by Crippen LogP contribution is -2.11. The zero-order chi connectivity index (χ0) is 17.6. The second-order valence-electron chi connectivity index (χ2n) is 7.37. The maximum Gasteiger partial charge on any atom is 0.138 e. The summed E-state index contributed by atoms with van der Waals surface area (Å²) in [5.74, 6) is 1.30. The number of phenols is 1. The van der Waals surface area contributed by atoms with Crippen LogP contribution in [0.15, 0.2) is 16.6 Å². The number of benzene rings is 2. The molecule has 2 aliphatic carbocycles. The van der Waals surface area contributed by atoms with Gasteiger partial charge in [-0.05, 0) is 108 Å². The van der Waals surface area contributed by atoms with Gasteiger partial charge in [0.2, 0.25) is 0 Å². The minimum Gasteiger partial charge on any atom is -0.506 e. The largest absolute Gasteiger partial charge is 0.506 e. The van der Waals surface area contributed by atoms with Gasteiger partial charge in [0.15, 0.2) is 0 Å². The molecule has 0 bridgehead atoms. The van der Waals surface area contributed by atoms with Crippen LogP contribution < -0.4 is 4.74 Å². The summed E-state index contributed by atoms with van der Waals surface area (Å²) in [5.41, 5.74) is 8.85. The number of methoxy groups -OCH3 is 1. The number of fused-ring (bicyclic) bond motifs is 2. The summed E-state index contributed by atoms with van der Waals surface area (Å²) in [6, 6.07) is 4.40. The topological polar surface area (TPSA) is 29.5 Å². The SMILES string of the molecule is COc1c(C)cc2c(c1-c1c(O)c(Br)cc3c1CCCC3)CCCC2. The second kappa shape index (κ2) is 6.68. The fourth-order valence-corrected chi connectivity index (χ4v) is 5.16. The van der Waals surface area contributed by atoms with Crippen molar-refractivity contribution in [3.8, 4) is 22.6 Å². The van der Waals surface area contributed by atoms with Crippen molar-refractivity contribution < 1.29 is 9.84 Å².